The summed E-state index contributed by atoms with van der Waals surface area (Å²) in [5.41, 5.74) is 3.99. The van der Waals surface area contributed by atoms with Crippen LogP contribution in [0.15, 0.2) is 78.9 Å². The summed E-state index contributed by atoms with van der Waals surface area (Å²) < 4.78 is 11.2. The molecule has 0 radical (unpaired) electrons. The highest BCUT2D eigenvalue weighted by Gasteiger charge is 2.51. The summed E-state index contributed by atoms with van der Waals surface area (Å²) in [5, 5.41) is 12.8. The molecule has 9 nitrogen and oxygen atoms in total. The highest BCUT2D eigenvalue weighted by Crippen LogP contribution is 2.44. The van der Waals surface area contributed by atoms with Crippen molar-refractivity contribution in [2.75, 3.05) is 33.9 Å². The Balaban J connectivity index is 1.33. The number of ether oxygens (including phenoxy) is 2. The highest BCUT2D eigenvalue weighted by atomic mass is 16.5. The molecule has 220 valence electrons. The Kier molecular flexibility index (Phi) is 8.61. The molecule has 1 fully saturated rings. The number of fused-ring (bicyclic) bond motifs is 3. The number of likely N-dealkylation sites (N-methyl/N-ethyl adjacent to an activating group) is 1. The monoisotopic (exact) mass is 571 g/mol. The van der Waals surface area contributed by atoms with Crippen LogP contribution in [0, 0.1) is 0 Å². The molecule has 0 bridgehead atoms. The minimum atomic E-state index is -1.46. The van der Waals surface area contributed by atoms with Gasteiger partial charge in [-0.2, -0.15) is 0 Å². The summed E-state index contributed by atoms with van der Waals surface area (Å²) in [6, 6.07) is 24.9. The minimum Gasteiger partial charge on any atom is -0.480 e. The maximum absolute atomic E-state index is 13.9. The van der Waals surface area contributed by atoms with E-state index in [1.54, 1.807) is 0 Å². The number of nitrogens with one attached hydrogen (secondary N) is 1. The Morgan fingerprint density at radius 1 is 1.00 bits per heavy atom. The van der Waals surface area contributed by atoms with E-state index in [4.69, 9.17) is 9.47 Å². The zero-order chi connectivity index (χ0) is 29.9. The standard InChI is InChI=1S/C33H37N3O6/c1-33(31(38)39)17-23(41-3)19-36(33)30(37)29(20-35(2)18-22-11-5-4-6-12-22)34-32(40)42-21-28-26-15-9-7-13-24(26)25-14-8-10-16-27(25)28/h4-16,23,28-29H,17-21H2,1-3H3,(H,34,40)(H,38,39). The summed E-state index contributed by atoms with van der Waals surface area (Å²) in [4.78, 5) is 42.7. The average Bonchev–Trinajstić information content (AvgIpc) is 3.51. The first-order valence-corrected chi connectivity index (χ1v) is 14.1. The van der Waals surface area contributed by atoms with Crippen LogP contribution in [0.4, 0.5) is 4.79 Å². The summed E-state index contributed by atoms with van der Waals surface area (Å²) in [6.45, 7) is 2.42. The quantitative estimate of drug-likeness (QED) is 0.377. The van der Waals surface area contributed by atoms with Crippen molar-refractivity contribution in [3.63, 3.8) is 0 Å². The van der Waals surface area contributed by atoms with Gasteiger partial charge in [0.1, 0.15) is 18.2 Å². The fourth-order valence-electron chi connectivity index (χ4n) is 6.14. The minimum absolute atomic E-state index is 0.100. The summed E-state index contributed by atoms with van der Waals surface area (Å²) in [5.74, 6) is -1.74. The van der Waals surface area contributed by atoms with Crippen molar-refractivity contribution in [1.29, 1.82) is 0 Å². The van der Waals surface area contributed by atoms with Crippen molar-refractivity contribution in [1.82, 2.24) is 15.1 Å². The summed E-state index contributed by atoms with van der Waals surface area (Å²) in [6.07, 6.45) is -1.00. The summed E-state index contributed by atoms with van der Waals surface area (Å²) in [7, 11) is 3.35. The van der Waals surface area contributed by atoms with Gasteiger partial charge >= 0.3 is 12.1 Å². The molecule has 42 heavy (non-hydrogen) atoms. The average molecular weight is 572 g/mol. The van der Waals surface area contributed by atoms with E-state index >= 15 is 0 Å². The van der Waals surface area contributed by atoms with Crippen molar-refractivity contribution >= 4 is 18.0 Å². The number of rotatable bonds is 10. The van der Waals surface area contributed by atoms with Gasteiger partial charge in [-0.1, -0.05) is 78.9 Å². The van der Waals surface area contributed by atoms with Crippen LogP contribution in [0.5, 0.6) is 0 Å². The first-order chi connectivity index (χ1) is 20.2. The van der Waals surface area contributed by atoms with E-state index in [1.807, 2.05) is 78.7 Å². The van der Waals surface area contributed by atoms with Gasteiger partial charge in [-0.3, -0.25) is 9.69 Å². The number of benzene rings is 3. The predicted octanol–water partition coefficient (Wildman–Crippen LogP) is 4.12. The van der Waals surface area contributed by atoms with Crippen LogP contribution in [0.3, 0.4) is 0 Å². The van der Waals surface area contributed by atoms with E-state index in [0.29, 0.717) is 6.54 Å². The topological polar surface area (TPSA) is 108 Å². The number of hydrogen-bond acceptors (Lipinski definition) is 6. The largest absolute Gasteiger partial charge is 0.480 e. The number of amides is 2. The third-order valence-electron chi connectivity index (χ3n) is 8.39. The van der Waals surface area contributed by atoms with Crippen molar-refractivity contribution in [2.45, 2.75) is 43.5 Å². The molecule has 3 unspecified atom stereocenters. The molecule has 3 aromatic rings. The van der Waals surface area contributed by atoms with Crippen molar-refractivity contribution in [2.24, 2.45) is 0 Å². The van der Waals surface area contributed by atoms with Crippen molar-refractivity contribution < 1.29 is 29.0 Å². The number of likely N-dealkylation sites (tertiary alicyclic amines) is 1. The molecule has 0 saturated carbocycles. The fourth-order valence-corrected chi connectivity index (χ4v) is 6.14. The highest BCUT2D eigenvalue weighted by molar-refractivity contribution is 5.92. The Morgan fingerprint density at radius 3 is 2.19 bits per heavy atom. The zero-order valence-corrected chi connectivity index (χ0v) is 24.2. The Hall–Kier alpha value is -4.21. The van der Waals surface area contributed by atoms with Gasteiger partial charge in [0, 0.05) is 39.1 Å². The molecular formula is C33H37N3O6. The zero-order valence-electron chi connectivity index (χ0n) is 24.2. The maximum Gasteiger partial charge on any atom is 0.407 e. The number of carbonyl (C=O) groups excluding carboxylic acids is 2. The van der Waals surface area contributed by atoms with Crippen LogP contribution in [-0.4, -0.2) is 84.4 Å². The van der Waals surface area contributed by atoms with E-state index in [2.05, 4.69) is 17.4 Å². The van der Waals surface area contributed by atoms with Crippen molar-refractivity contribution in [3.05, 3.63) is 95.6 Å². The maximum atomic E-state index is 13.9. The summed E-state index contributed by atoms with van der Waals surface area (Å²) >= 11 is 0. The van der Waals surface area contributed by atoms with E-state index in [1.165, 1.54) is 18.9 Å². The number of alkyl carbamates (subject to hydrolysis) is 1. The molecule has 0 aromatic heterocycles. The van der Waals surface area contributed by atoms with Gasteiger partial charge in [0.25, 0.3) is 0 Å². The molecule has 3 aromatic carbocycles. The lowest BCUT2D eigenvalue weighted by atomic mass is 9.97. The molecule has 2 amide bonds. The molecule has 0 spiro atoms. The smallest absolute Gasteiger partial charge is 0.407 e. The van der Waals surface area contributed by atoms with Crippen LogP contribution >= 0.6 is 0 Å². The normalized spacial score (nSPS) is 20.2. The first-order valence-electron chi connectivity index (χ1n) is 14.1. The molecule has 9 heteroatoms. The van der Waals surface area contributed by atoms with Gasteiger partial charge in [0.05, 0.1) is 6.10 Å². The number of carboxylic acids is 1. The van der Waals surface area contributed by atoms with Crippen LogP contribution in [0.2, 0.25) is 0 Å². The Bertz CT molecular complexity index is 1400. The van der Waals surface area contributed by atoms with Crippen LogP contribution < -0.4 is 5.32 Å². The number of carboxylic acid groups (broad SMARTS) is 1. The molecular weight excluding hydrogens is 534 g/mol. The number of carbonyl (C=O) groups is 3. The number of hydrogen-bond donors (Lipinski definition) is 2. The van der Waals surface area contributed by atoms with Gasteiger partial charge in [-0.25, -0.2) is 9.59 Å². The van der Waals surface area contributed by atoms with Gasteiger partial charge in [-0.05, 0) is 41.8 Å². The second kappa shape index (κ2) is 12.3. The Morgan fingerprint density at radius 2 is 1.60 bits per heavy atom. The lowest BCUT2D eigenvalue weighted by Gasteiger charge is -2.35. The van der Waals surface area contributed by atoms with Gasteiger partial charge in [0.15, 0.2) is 0 Å². The number of nitrogens with zero attached hydrogens (tertiary/aromatic N) is 2. The van der Waals surface area contributed by atoms with Crippen LogP contribution in [0.1, 0.15) is 36.0 Å². The third kappa shape index (κ3) is 5.89. The number of aliphatic carboxylic acids is 1. The molecule has 1 heterocycles. The van der Waals surface area contributed by atoms with Gasteiger partial charge < -0.3 is 24.8 Å². The molecule has 3 atom stereocenters. The second-order valence-electron chi connectivity index (χ2n) is 11.3. The lowest BCUT2D eigenvalue weighted by Crippen LogP contribution is -2.59. The van der Waals surface area contributed by atoms with Gasteiger partial charge in [-0.15, -0.1) is 0 Å². The second-order valence-corrected chi connectivity index (χ2v) is 11.3. The molecule has 5 rings (SSSR count). The molecule has 2 N–H and O–H groups in total. The molecule has 1 saturated heterocycles. The SMILES string of the molecule is COC1CN(C(=O)C(CN(C)Cc2ccccc2)NC(=O)OCC2c3ccccc3-c3ccccc32)C(C)(C(=O)O)C1. The third-order valence-corrected chi connectivity index (χ3v) is 8.39. The molecule has 1 aliphatic heterocycles. The van der Waals surface area contributed by atoms with Crippen LogP contribution in [0.25, 0.3) is 11.1 Å². The van der Waals surface area contributed by atoms with E-state index in [9.17, 15) is 19.5 Å². The Labute approximate surface area is 246 Å². The van der Waals surface area contributed by atoms with E-state index < -0.39 is 35.7 Å². The van der Waals surface area contributed by atoms with Crippen molar-refractivity contribution in [3.8, 4) is 11.1 Å². The van der Waals surface area contributed by atoms with Gasteiger partial charge in [0.2, 0.25) is 5.91 Å². The van der Waals surface area contributed by atoms with E-state index in [-0.39, 0.29) is 32.0 Å². The first kappa shape index (κ1) is 29.3. The number of methoxy groups -OCH3 is 1. The fraction of sp³-hybridized carbons (Fsp3) is 0.364. The lowest BCUT2D eigenvalue weighted by molar-refractivity contribution is -0.156. The molecule has 2 aliphatic rings. The predicted molar refractivity (Wildman–Crippen MR) is 158 cm³/mol. The van der Waals surface area contributed by atoms with Crippen LogP contribution in [-0.2, 0) is 25.6 Å². The molecule has 1 aliphatic carbocycles. The van der Waals surface area contributed by atoms with E-state index in [0.717, 1.165) is 27.8 Å².